The van der Waals surface area contributed by atoms with E-state index in [9.17, 15) is 0 Å². The molecule has 0 N–H and O–H groups in total. The molecule has 8 rings (SSSR count). The van der Waals surface area contributed by atoms with Crippen molar-refractivity contribution in [2.75, 3.05) is 4.90 Å². The summed E-state index contributed by atoms with van der Waals surface area (Å²) in [7, 11) is 0. The third-order valence-electron chi connectivity index (χ3n) is 14.3. The van der Waals surface area contributed by atoms with Crippen molar-refractivity contribution >= 4 is 27.8 Å². The van der Waals surface area contributed by atoms with Gasteiger partial charge < -0.3 is 4.90 Å². The predicted octanol–water partition coefficient (Wildman–Crippen LogP) is 14.6. The Bertz CT molecular complexity index is 2310. The van der Waals surface area contributed by atoms with Crippen LogP contribution in [-0.2, 0) is 21.7 Å². The molecule has 0 saturated carbocycles. The van der Waals surface area contributed by atoms with Crippen LogP contribution in [0.15, 0.2) is 127 Å². The van der Waals surface area contributed by atoms with Gasteiger partial charge >= 0.3 is 0 Å². The fourth-order valence-electron chi connectivity index (χ4n) is 9.49. The van der Waals surface area contributed by atoms with Crippen molar-refractivity contribution in [3.05, 3.63) is 150 Å². The Kier molecular flexibility index (Phi) is 7.75. The van der Waals surface area contributed by atoms with Gasteiger partial charge in [-0.05, 0) is 115 Å². The second-order valence-corrected chi connectivity index (χ2v) is 18.6. The normalized spacial score (nSPS) is 18.8. The van der Waals surface area contributed by atoms with Crippen molar-refractivity contribution < 1.29 is 0 Å². The molecule has 0 radical (unpaired) electrons. The first-order valence-corrected chi connectivity index (χ1v) is 19.3. The molecule has 0 amide bonds. The first-order valence-electron chi connectivity index (χ1n) is 19.3. The molecule has 2 aliphatic rings. The summed E-state index contributed by atoms with van der Waals surface area (Å²) >= 11 is 0. The quantitative estimate of drug-likeness (QED) is 0.175. The van der Waals surface area contributed by atoms with Crippen LogP contribution in [0.25, 0.3) is 33.0 Å². The third-order valence-corrected chi connectivity index (χ3v) is 14.3. The lowest BCUT2D eigenvalue weighted by molar-refractivity contribution is 0.125. The largest absolute Gasteiger partial charge is 0.309 e. The van der Waals surface area contributed by atoms with E-state index in [0.29, 0.717) is 0 Å². The lowest BCUT2D eigenvalue weighted by Gasteiger charge is -2.44. The highest BCUT2D eigenvalue weighted by atomic mass is 15.1. The van der Waals surface area contributed by atoms with Gasteiger partial charge in [0.05, 0.1) is 11.4 Å². The van der Waals surface area contributed by atoms with Gasteiger partial charge in [0, 0.05) is 16.6 Å². The van der Waals surface area contributed by atoms with Gasteiger partial charge in [0.1, 0.15) is 0 Å². The maximum Gasteiger partial charge on any atom is 0.0543 e. The average molecular weight is 682 g/mol. The Morgan fingerprint density at radius 3 is 1.67 bits per heavy atom. The van der Waals surface area contributed by atoms with Crippen LogP contribution in [0.5, 0.6) is 0 Å². The average Bonchev–Trinajstić information content (AvgIpc) is 3.23. The molecule has 0 unspecified atom stereocenters. The van der Waals surface area contributed by atoms with Crippen molar-refractivity contribution in [3.63, 3.8) is 0 Å². The minimum absolute atomic E-state index is 0.0177. The van der Waals surface area contributed by atoms with Crippen molar-refractivity contribution in [3.8, 4) is 22.3 Å². The van der Waals surface area contributed by atoms with E-state index >= 15 is 0 Å². The Labute approximate surface area is 312 Å². The van der Waals surface area contributed by atoms with E-state index in [1.54, 1.807) is 0 Å². The van der Waals surface area contributed by atoms with Gasteiger partial charge in [0.2, 0.25) is 0 Å². The number of nitrogens with zero attached hydrogens (tertiary/aromatic N) is 1. The molecule has 0 spiro atoms. The molecule has 0 heterocycles. The lowest BCUT2D eigenvalue weighted by Crippen LogP contribution is -2.42. The molecule has 0 atom stereocenters. The van der Waals surface area contributed by atoms with Crippen LogP contribution in [-0.4, -0.2) is 0 Å². The van der Waals surface area contributed by atoms with E-state index in [-0.39, 0.29) is 27.1 Å². The molecule has 0 aliphatic heterocycles. The number of anilines is 3. The van der Waals surface area contributed by atoms with Crippen molar-refractivity contribution in [2.24, 2.45) is 5.41 Å². The number of fused-ring (bicyclic) bond motifs is 3. The van der Waals surface area contributed by atoms with Gasteiger partial charge in [-0.3, -0.25) is 0 Å². The van der Waals surface area contributed by atoms with Crippen LogP contribution in [0.2, 0.25) is 0 Å². The minimum Gasteiger partial charge on any atom is -0.309 e. The van der Waals surface area contributed by atoms with Crippen LogP contribution >= 0.6 is 0 Å². The van der Waals surface area contributed by atoms with Gasteiger partial charge in [-0.15, -0.1) is 0 Å². The lowest BCUT2D eigenvalue weighted by atomic mass is 9.59. The molecule has 2 aliphatic carbocycles. The molecule has 1 nitrogen and oxygen atoms in total. The summed E-state index contributed by atoms with van der Waals surface area (Å²) in [6.45, 7) is 24.5. The highest BCUT2D eigenvalue weighted by Crippen LogP contribution is 2.63. The second kappa shape index (κ2) is 11.7. The van der Waals surface area contributed by atoms with Gasteiger partial charge in [0.25, 0.3) is 0 Å². The van der Waals surface area contributed by atoms with Crippen LogP contribution in [0.3, 0.4) is 0 Å². The summed E-state index contributed by atoms with van der Waals surface area (Å²) in [6, 6.07) is 48.1. The molecule has 264 valence electrons. The first kappa shape index (κ1) is 34.5. The summed E-state index contributed by atoms with van der Waals surface area (Å²) in [6.07, 6.45) is 2.40. The van der Waals surface area contributed by atoms with E-state index < -0.39 is 0 Å². The maximum absolute atomic E-state index is 2.58. The van der Waals surface area contributed by atoms with Gasteiger partial charge in [0.15, 0.2) is 0 Å². The molecule has 1 heteroatoms. The number of rotatable bonds is 5. The van der Waals surface area contributed by atoms with Crippen LogP contribution in [0, 0.1) is 5.41 Å². The molecule has 0 aromatic heterocycles. The maximum atomic E-state index is 2.58. The summed E-state index contributed by atoms with van der Waals surface area (Å²) in [5, 5.41) is 2.49. The van der Waals surface area contributed by atoms with Crippen LogP contribution in [0.4, 0.5) is 17.1 Å². The van der Waals surface area contributed by atoms with Gasteiger partial charge in [-0.2, -0.15) is 0 Å². The zero-order valence-electron chi connectivity index (χ0n) is 33.0. The third kappa shape index (κ3) is 5.10. The molecule has 52 heavy (non-hydrogen) atoms. The summed E-state index contributed by atoms with van der Waals surface area (Å²) < 4.78 is 0. The fraction of sp³-hybridized carbons (Fsp3) is 0.333. The van der Waals surface area contributed by atoms with Crippen LogP contribution in [0.1, 0.15) is 104 Å². The van der Waals surface area contributed by atoms with E-state index in [1.165, 1.54) is 79.5 Å². The van der Waals surface area contributed by atoms with E-state index in [4.69, 9.17) is 0 Å². The zero-order chi connectivity index (χ0) is 36.8. The smallest absolute Gasteiger partial charge is 0.0543 e. The molecule has 6 aromatic carbocycles. The van der Waals surface area contributed by atoms with Crippen molar-refractivity contribution in [1.82, 2.24) is 0 Å². The zero-order valence-corrected chi connectivity index (χ0v) is 33.0. The number of benzene rings is 6. The van der Waals surface area contributed by atoms with Crippen LogP contribution < -0.4 is 4.90 Å². The molecule has 0 bridgehead atoms. The first-order chi connectivity index (χ1) is 24.5. The summed E-state index contributed by atoms with van der Waals surface area (Å²) in [4.78, 5) is 2.55. The second-order valence-electron chi connectivity index (χ2n) is 18.6. The Morgan fingerprint density at radius 2 is 0.981 bits per heavy atom. The minimum atomic E-state index is -0.0391. The van der Waals surface area contributed by atoms with E-state index in [1.807, 2.05) is 0 Å². The summed E-state index contributed by atoms with van der Waals surface area (Å²) in [5.41, 5.74) is 14.8. The molecular formula is C51H55N. The SMILES string of the molecule is CC1(C)CCC(C)(C)c2cc(-c3cc4c(cc3N(c3ccc(-c5ccccc5)cc3)c3cccc5ccccc35)C(C)(C)C(C)(C)C4(C)C)ccc21. The van der Waals surface area contributed by atoms with Gasteiger partial charge in [-0.25, -0.2) is 0 Å². The Hall–Kier alpha value is -4.62. The summed E-state index contributed by atoms with van der Waals surface area (Å²) in [5.74, 6) is 0. The fourth-order valence-corrected chi connectivity index (χ4v) is 9.49. The van der Waals surface area contributed by atoms with Crippen molar-refractivity contribution in [1.29, 1.82) is 0 Å². The van der Waals surface area contributed by atoms with E-state index in [0.717, 1.165) is 5.69 Å². The Morgan fingerprint density at radius 1 is 0.423 bits per heavy atom. The van der Waals surface area contributed by atoms with Crippen molar-refractivity contribution in [2.45, 2.75) is 104 Å². The van der Waals surface area contributed by atoms with Gasteiger partial charge in [-0.1, -0.05) is 166 Å². The highest BCUT2D eigenvalue weighted by Gasteiger charge is 2.57. The monoisotopic (exact) mass is 681 g/mol. The standard InChI is InChI=1S/C51H55N/c1-47(2)29-30-48(3,4)42-31-37(25-28-41(42)47)40-32-43-44(50(7,8)51(9,10)49(43,5)6)33-46(40)52(45-22-16-20-36-19-14-15-21-39(36)45)38-26-23-35(24-27-38)34-17-12-11-13-18-34/h11-28,31-33H,29-30H2,1-10H3. The highest BCUT2D eigenvalue weighted by molar-refractivity contribution is 6.01. The number of hydrogen-bond acceptors (Lipinski definition) is 1. The predicted molar refractivity (Wildman–Crippen MR) is 225 cm³/mol. The molecule has 6 aromatic rings. The number of hydrogen-bond donors (Lipinski definition) is 0. The molecule has 0 fully saturated rings. The molecule has 0 saturated heterocycles. The van der Waals surface area contributed by atoms with E-state index in [2.05, 4.69) is 202 Å². The Balaban J connectivity index is 1.45. The molecular weight excluding hydrogens is 627 g/mol. The topological polar surface area (TPSA) is 3.24 Å².